The zero-order valence-corrected chi connectivity index (χ0v) is 15.2. The van der Waals surface area contributed by atoms with Crippen LogP contribution in [-0.2, 0) is 6.54 Å². The Hall–Kier alpha value is -3.48. The van der Waals surface area contributed by atoms with E-state index in [9.17, 15) is 14.7 Å². The van der Waals surface area contributed by atoms with E-state index in [1.807, 2.05) is 26.0 Å². The molecule has 0 radical (unpaired) electrons. The summed E-state index contributed by atoms with van der Waals surface area (Å²) in [7, 11) is 0. The Bertz CT molecular complexity index is 1080. The van der Waals surface area contributed by atoms with Crippen molar-refractivity contribution >= 4 is 5.71 Å². The Morgan fingerprint density at radius 1 is 1.22 bits per heavy atom. The molecule has 2 N–H and O–H groups in total. The minimum Gasteiger partial charge on any atom is -0.859 e. The highest BCUT2D eigenvalue weighted by Crippen LogP contribution is 2.16. The average Bonchev–Trinajstić information content (AvgIpc) is 2.66. The van der Waals surface area contributed by atoms with Crippen molar-refractivity contribution in [1.82, 2.24) is 9.55 Å². The van der Waals surface area contributed by atoms with Crippen molar-refractivity contribution in [2.75, 3.05) is 0 Å². The summed E-state index contributed by atoms with van der Waals surface area (Å²) in [4.78, 5) is 34.3. The fourth-order valence-electron chi connectivity index (χ4n) is 2.78. The van der Waals surface area contributed by atoms with Gasteiger partial charge < -0.3 is 5.11 Å². The number of pyridine rings is 1. The molecule has 1 aromatic carbocycles. The van der Waals surface area contributed by atoms with Crippen LogP contribution in [0.5, 0.6) is 5.88 Å². The predicted molar refractivity (Wildman–Crippen MR) is 100 cm³/mol. The maximum Gasteiger partial charge on any atom is 0.332 e. The average molecular weight is 364 g/mol. The molecule has 0 aliphatic carbocycles. The van der Waals surface area contributed by atoms with Crippen LogP contribution in [0.4, 0.5) is 0 Å². The van der Waals surface area contributed by atoms with Gasteiger partial charge in [-0.2, -0.15) is 0 Å². The van der Waals surface area contributed by atoms with Gasteiger partial charge >= 0.3 is 5.69 Å². The summed E-state index contributed by atoms with van der Waals surface area (Å²) in [5.41, 5.74) is 1.11. The molecule has 2 heterocycles. The van der Waals surface area contributed by atoms with Crippen LogP contribution < -0.4 is 21.3 Å². The van der Waals surface area contributed by atoms with Crippen LogP contribution in [-0.4, -0.2) is 15.3 Å². The summed E-state index contributed by atoms with van der Waals surface area (Å²) in [5, 5.41) is 13.0. The Kier molecular flexibility index (Phi) is 5.30. The van der Waals surface area contributed by atoms with Crippen LogP contribution in [0.3, 0.4) is 0 Å². The molecule has 27 heavy (non-hydrogen) atoms. The first-order chi connectivity index (χ1) is 13.0. The van der Waals surface area contributed by atoms with E-state index in [0.29, 0.717) is 24.4 Å². The van der Waals surface area contributed by atoms with E-state index in [1.54, 1.807) is 36.7 Å². The molecular formula is C20H20N4O3. The standard InChI is InChI=1S/C20H20N4O3/c1-3-16(22-12-14-5-4-10-21-11-14)17-18(25)23-20(27)24(19(17)26)15-8-6-13(2)7-9-15/h4-11,26H,3,12H2,1-2H3,(H,23,25,27). The number of hydrogen-bond donors (Lipinski definition) is 1. The molecule has 7 heteroatoms. The summed E-state index contributed by atoms with van der Waals surface area (Å²) < 4.78 is 0.970. The van der Waals surface area contributed by atoms with Gasteiger partial charge in [0.1, 0.15) is 0 Å². The lowest BCUT2D eigenvalue weighted by atomic mass is 10.1. The van der Waals surface area contributed by atoms with Crippen LogP contribution >= 0.6 is 0 Å². The van der Waals surface area contributed by atoms with E-state index in [1.165, 1.54) is 0 Å². The molecule has 2 aromatic heterocycles. The highest BCUT2D eigenvalue weighted by Gasteiger charge is 2.14. The fourth-order valence-corrected chi connectivity index (χ4v) is 2.78. The van der Waals surface area contributed by atoms with Gasteiger partial charge in [-0.1, -0.05) is 24.6 Å². The number of aromatic amines is 2. The molecule has 0 saturated heterocycles. The molecule has 0 saturated carbocycles. The molecule has 3 rings (SSSR count). The van der Waals surface area contributed by atoms with Crippen LogP contribution in [0.25, 0.3) is 5.69 Å². The molecule has 7 nitrogen and oxygen atoms in total. The minimum absolute atomic E-state index is 0.0995. The second-order valence-corrected chi connectivity index (χ2v) is 6.14. The van der Waals surface area contributed by atoms with Crippen LogP contribution in [0.1, 0.15) is 30.0 Å². The minimum atomic E-state index is -0.759. The van der Waals surface area contributed by atoms with E-state index >= 15 is 0 Å². The van der Waals surface area contributed by atoms with E-state index in [2.05, 4.69) is 15.0 Å². The number of benzene rings is 1. The van der Waals surface area contributed by atoms with Crippen molar-refractivity contribution in [3.05, 3.63) is 86.3 Å². The number of nitrogens with one attached hydrogen (secondary N) is 2. The third kappa shape index (κ3) is 3.87. The molecule has 0 bridgehead atoms. The van der Waals surface area contributed by atoms with E-state index < -0.39 is 17.1 Å². The lowest BCUT2D eigenvalue weighted by Gasteiger charge is -2.20. The van der Waals surface area contributed by atoms with Crippen molar-refractivity contribution in [3.63, 3.8) is 0 Å². The SMILES string of the molecule is CCC(=NCc1ccc[nH+]c1)c1c([O-])n(-c2ccc(C)cc2)c(=O)[nH]c1=O. The summed E-state index contributed by atoms with van der Waals surface area (Å²) >= 11 is 0. The van der Waals surface area contributed by atoms with E-state index in [0.717, 1.165) is 15.7 Å². The third-order valence-corrected chi connectivity index (χ3v) is 4.21. The van der Waals surface area contributed by atoms with Crippen molar-refractivity contribution in [2.45, 2.75) is 26.8 Å². The van der Waals surface area contributed by atoms with Crippen molar-refractivity contribution in [2.24, 2.45) is 4.99 Å². The van der Waals surface area contributed by atoms with Gasteiger partial charge in [0.2, 0.25) is 0 Å². The molecule has 0 aliphatic heterocycles. The predicted octanol–water partition coefficient (Wildman–Crippen LogP) is 1.12. The number of hydrogen-bond acceptors (Lipinski definition) is 4. The van der Waals surface area contributed by atoms with Crippen molar-refractivity contribution < 1.29 is 10.1 Å². The van der Waals surface area contributed by atoms with Gasteiger partial charge in [0.05, 0.1) is 12.1 Å². The molecule has 0 spiro atoms. The first kappa shape index (κ1) is 18.3. The van der Waals surface area contributed by atoms with Gasteiger partial charge in [-0.3, -0.25) is 19.3 Å². The molecule has 0 unspecified atom stereocenters. The first-order valence-corrected chi connectivity index (χ1v) is 8.63. The molecule has 0 fully saturated rings. The summed E-state index contributed by atoms with van der Waals surface area (Å²) in [6.07, 6.45) is 3.97. The third-order valence-electron chi connectivity index (χ3n) is 4.21. The Balaban J connectivity index is 2.11. The topological polar surface area (TPSA) is 104 Å². The lowest BCUT2D eigenvalue weighted by molar-refractivity contribution is -0.378. The number of aliphatic imine (C=N–C) groups is 1. The van der Waals surface area contributed by atoms with Gasteiger partial charge in [-0.05, 0) is 37.4 Å². The number of aromatic nitrogens is 3. The van der Waals surface area contributed by atoms with Crippen molar-refractivity contribution in [1.29, 1.82) is 0 Å². The monoisotopic (exact) mass is 364 g/mol. The number of rotatable bonds is 5. The second-order valence-electron chi connectivity index (χ2n) is 6.14. The van der Waals surface area contributed by atoms with Gasteiger partial charge in [0, 0.05) is 23.0 Å². The second kappa shape index (κ2) is 7.82. The smallest absolute Gasteiger partial charge is 0.332 e. The van der Waals surface area contributed by atoms with Gasteiger partial charge in [0.15, 0.2) is 12.4 Å². The van der Waals surface area contributed by atoms with Crippen LogP contribution in [0.2, 0.25) is 0 Å². The highest BCUT2D eigenvalue weighted by molar-refractivity contribution is 6.01. The number of H-pyrrole nitrogens is 2. The Morgan fingerprint density at radius 2 is 1.96 bits per heavy atom. The zero-order chi connectivity index (χ0) is 19.4. The normalized spacial score (nSPS) is 11.6. The largest absolute Gasteiger partial charge is 0.859 e. The summed E-state index contributed by atoms with van der Waals surface area (Å²) in [5.74, 6) is -0.659. The van der Waals surface area contributed by atoms with E-state index in [4.69, 9.17) is 0 Å². The zero-order valence-electron chi connectivity index (χ0n) is 15.2. The van der Waals surface area contributed by atoms with Gasteiger partial charge in [0.25, 0.3) is 5.56 Å². The van der Waals surface area contributed by atoms with Crippen LogP contribution in [0, 0.1) is 6.92 Å². The Morgan fingerprint density at radius 3 is 2.59 bits per heavy atom. The summed E-state index contributed by atoms with van der Waals surface area (Å²) in [6.45, 7) is 4.05. The number of nitrogens with zero attached hydrogens (tertiary/aromatic N) is 2. The molecule has 3 aromatic rings. The first-order valence-electron chi connectivity index (χ1n) is 8.63. The molecule has 0 atom stereocenters. The molecule has 0 aliphatic rings. The molecular weight excluding hydrogens is 344 g/mol. The van der Waals surface area contributed by atoms with Crippen LogP contribution in [0.15, 0.2) is 63.4 Å². The van der Waals surface area contributed by atoms with Gasteiger partial charge in [-0.15, -0.1) is 0 Å². The van der Waals surface area contributed by atoms with Gasteiger partial charge in [-0.25, -0.2) is 9.78 Å². The molecule has 138 valence electrons. The number of aryl methyl sites for hydroxylation is 1. The maximum atomic E-state index is 13.0. The summed E-state index contributed by atoms with van der Waals surface area (Å²) in [6, 6.07) is 10.7. The highest BCUT2D eigenvalue weighted by atomic mass is 16.3. The Labute approximate surface area is 155 Å². The maximum absolute atomic E-state index is 13.0. The van der Waals surface area contributed by atoms with Crippen molar-refractivity contribution in [3.8, 4) is 11.6 Å². The van der Waals surface area contributed by atoms with E-state index in [-0.39, 0.29) is 5.56 Å². The fraction of sp³-hybridized carbons (Fsp3) is 0.200. The molecule has 0 amide bonds. The lowest BCUT2D eigenvalue weighted by Crippen LogP contribution is -2.35. The quantitative estimate of drug-likeness (QED) is 0.686.